The van der Waals surface area contributed by atoms with Crippen LogP contribution in [0.25, 0.3) is 6.08 Å². The average molecular weight is 410 g/mol. The van der Waals surface area contributed by atoms with Crippen LogP contribution in [0.3, 0.4) is 0 Å². The molecule has 0 unspecified atom stereocenters. The van der Waals surface area contributed by atoms with Crippen molar-refractivity contribution in [3.8, 4) is 0 Å². The van der Waals surface area contributed by atoms with Crippen LogP contribution >= 0.6 is 12.2 Å². The fraction of sp³-hybridized carbons (Fsp3) is 0.600. The summed E-state index contributed by atoms with van der Waals surface area (Å²) in [5.41, 5.74) is 5.81. The van der Waals surface area contributed by atoms with Gasteiger partial charge in [0.15, 0.2) is 5.11 Å². The van der Waals surface area contributed by atoms with Crippen molar-refractivity contribution in [1.29, 1.82) is 0 Å². The highest BCUT2D eigenvalue weighted by molar-refractivity contribution is 7.80. The van der Waals surface area contributed by atoms with Gasteiger partial charge in [0, 0.05) is 5.54 Å². The minimum Gasteiger partial charge on any atom is -0.356 e. The van der Waals surface area contributed by atoms with Crippen LogP contribution in [-0.2, 0) is 0 Å². The van der Waals surface area contributed by atoms with Gasteiger partial charge in [-0.05, 0) is 92.5 Å². The molecule has 4 fully saturated rings. The van der Waals surface area contributed by atoms with Gasteiger partial charge in [-0.25, -0.2) is 0 Å². The molecule has 0 heterocycles. The zero-order chi connectivity index (χ0) is 20.1. The Balaban J connectivity index is 1.34. The summed E-state index contributed by atoms with van der Waals surface area (Å²) in [7, 11) is 0. The topological polar surface area (TPSA) is 36.4 Å². The van der Waals surface area contributed by atoms with E-state index in [0.717, 1.165) is 24.2 Å². The fourth-order valence-corrected chi connectivity index (χ4v) is 6.49. The molecule has 5 rings (SSSR count). The second-order valence-corrected chi connectivity index (χ2v) is 10.0. The summed E-state index contributed by atoms with van der Waals surface area (Å²) in [6, 6.07) is 10.5. The Morgan fingerprint density at radius 3 is 2.34 bits per heavy atom. The van der Waals surface area contributed by atoms with Gasteiger partial charge >= 0.3 is 0 Å². The maximum atomic E-state index is 5.62. The average Bonchev–Trinajstić information content (AvgIpc) is 2.67. The summed E-state index contributed by atoms with van der Waals surface area (Å²) < 4.78 is 0. The van der Waals surface area contributed by atoms with Crippen LogP contribution in [0.15, 0.2) is 41.0 Å². The van der Waals surface area contributed by atoms with Gasteiger partial charge in [-0.1, -0.05) is 56.2 Å². The number of allylic oxidation sites excluding steroid dienone is 1. The van der Waals surface area contributed by atoms with Gasteiger partial charge in [-0.3, -0.25) is 5.43 Å². The zero-order valence-electron chi connectivity index (χ0n) is 17.7. The van der Waals surface area contributed by atoms with Crippen molar-refractivity contribution in [3.63, 3.8) is 0 Å². The van der Waals surface area contributed by atoms with Crippen molar-refractivity contribution in [2.24, 2.45) is 22.9 Å². The smallest absolute Gasteiger partial charge is 0.187 e. The van der Waals surface area contributed by atoms with E-state index in [0.29, 0.717) is 5.11 Å². The molecule has 0 aliphatic heterocycles. The standard InChI is InChI=1S/C25H35N3S/c1-2-3-5-10-20(11-19-8-6-4-7-9-19)18-26-28-24(29)27-25-15-21-12-22(16-25)14-23(13-21)17-25/h4,6-9,11,18,21-23H,2-3,5,10,12-17H2,1H3,(H2,27,28,29). The highest BCUT2D eigenvalue weighted by Crippen LogP contribution is 2.55. The molecule has 4 heteroatoms. The molecule has 4 aliphatic carbocycles. The van der Waals surface area contributed by atoms with E-state index in [4.69, 9.17) is 12.2 Å². The minimum atomic E-state index is 0.234. The molecule has 29 heavy (non-hydrogen) atoms. The fourth-order valence-electron chi connectivity index (χ4n) is 6.22. The number of rotatable bonds is 8. The first-order valence-electron chi connectivity index (χ1n) is 11.5. The van der Waals surface area contributed by atoms with Gasteiger partial charge in [0.1, 0.15) is 0 Å². The third-order valence-corrected chi connectivity index (χ3v) is 7.23. The van der Waals surface area contributed by atoms with E-state index >= 15 is 0 Å². The molecular weight excluding hydrogens is 374 g/mol. The van der Waals surface area contributed by atoms with E-state index in [1.54, 1.807) is 0 Å². The molecule has 0 aromatic heterocycles. The molecule has 1 aromatic rings. The molecule has 2 N–H and O–H groups in total. The number of hydrazone groups is 1. The van der Waals surface area contributed by atoms with E-state index in [1.165, 1.54) is 68.9 Å². The molecule has 0 atom stereocenters. The lowest BCUT2D eigenvalue weighted by molar-refractivity contribution is -0.0101. The number of nitrogens with one attached hydrogen (secondary N) is 2. The van der Waals surface area contributed by atoms with Gasteiger partial charge in [0.2, 0.25) is 0 Å². The van der Waals surface area contributed by atoms with Crippen LogP contribution in [0.4, 0.5) is 0 Å². The van der Waals surface area contributed by atoms with Crippen molar-refractivity contribution < 1.29 is 0 Å². The normalized spacial score (nSPS) is 30.7. The predicted octanol–water partition coefficient (Wildman–Crippen LogP) is 6.07. The van der Waals surface area contributed by atoms with Crippen LogP contribution in [0.2, 0.25) is 0 Å². The highest BCUT2D eigenvalue weighted by atomic mass is 32.1. The van der Waals surface area contributed by atoms with E-state index < -0.39 is 0 Å². The first kappa shape index (κ1) is 20.6. The van der Waals surface area contributed by atoms with Gasteiger partial charge in [-0.15, -0.1) is 0 Å². The molecular formula is C25H35N3S. The maximum Gasteiger partial charge on any atom is 0.187 e. The summed E-state index contributed by atoms with van der Waals surface area (Å²) in [4.78, 5) is 0. The first-order valence-corrected chi connectivity index (χ1v) is 11.9. The maximum absolute atomic E-state index is 5.62. The quantitative estimate of drug-likeness (QED) is 0.237. The molecule has 156 valence electrons. The SMILES string of the molecule is CCCCCC(C=NNC(=S)NC12CC3CC(CC(C3)C1)C2)=Cc1ccccc1. The Labute approximate surface area is 181 Å². The molecule has 3 nitrogen and oxygen atoms in total. The number of unbranched alkanes of at least 4 members (excludes halogenated alkanes) is 2. The predicted molar refractivity (Wildman–Crippen MR) is 127 cm³/mol. The lowest BCUT2D eigenvalue weighted by atomic mass is 9.53. The molecule has 0 amide bonds. The third kappa shape index (κ3) is 5.48. The number of nitrogens with zero attached hydrogens (tertiary/aromatic N) is 1. The van der Waals surface area contributed by atoms with Crippen molar-refractivity contribution >= 4 is 29.6 Å². The number of hydrogen-bond acceptors (Lipinski definition) is 2. The second-order valence-electron chi connectivity index (χ2n) is 9.61. The van der Waals surface area contributed by atoms with E-state index in [2.05, 4.69) is 59.2 Å². The number of benzene rings is 1. The highest BCUT2D eigenvalue weighted by Gasteiger charge is 2.51. The lowest BCUT2D eigenvalue weighted by Crippen LogP contribution is -2.61. The van der Waals surface area contributed by atoms with E-state index in [9.17, 15) is 0 Å². The summed E-state index contributed by atoms with van der Waals surface area (Å²) in [6.07, 6.45) is 17.1. The van der Waals surface area contributed by atoms with Crippen molar-refractivity contribution in [1.82, 2.24) is 10.7 Å². The summed E-state index contributed by atoms with van der Waals surface area (Å²) in [5, 5.41) is 8.88. The molecule has 0 radical (unpaired) electrons. The summed E-state index contributed by atoms with van der Waals surface area (Å²) >= 11 is 5.62. The van der Waals surface area contributed by atoms with Gasteiger partial charge in [0.25, 0.3) is 0 Å². The molecule has 4 saturated carbocycles. The Morgan fingerprint density at radius 2 is 1.72 bits per heavy atom. The first-order chi connectivity index (χ1) is 14.1. The molecule has 0 saturated heterocycles. The van der Waals surface area contributed by atoms with Crippen LogP contribution < -0.4 is 10.7 Å². The Hall–Kier alpha value is -1.68. The summed E-state index contributed by atoms with van der Waals surface area (Å²) in [5.74, 6) is 2.75. The van der Waals surface area contributed by atoms with Crippen LogP contribution in [-0.4, -0.2) is 16.9 Å². The Morgan fingerprint density at radius 1 is 1.07 bits per heavy atom. The monoisotopic (exact) mass is 409 g/mol. The molecule has 0 spiro atoms. The third-order valence-electron chi connectivity index (χ3n) is 7.03. The van der Waals surface area contributed by atoms with E-state index in [1.807, 2.05) is 6.21 Å². The Bertz CT molecular complexity index is 717. The van der Waals surface area contributed by atoms with Gasteiger partial charge < -0.3 is 5.32 Å². The van der Waals surface area contributed by atoms with E-state index in [-0.39, 0.29) is 5.54 Å². The minimum absolute atomic E-state index is 0.234. The van der Waals surface area contributed by atoms with Crippen LogP contribution in [0.5, 0.6) is 0 Å². The van der Waals surface area contributed by atoms with Crippen LogP contribution in [0, 0.1) is 17.8 Å². The molecule has 4 bridgehead atoms. The molecule has 4 aliphatic rings. The van der Waals surface area contributed by atoms with Crippen molar-refractivity contribution in [2.45, 2.75) is 76.7 Å². The molecule has 1 aromatic carbocycles. The summed E-state index contributed by atoms with van der Waals surface area (Å²) in [6.45, 7) is 2.24. The van der Waals surface area contributed by atoms with Gasteiger partial charge in [0.05, 0.1) is 6.21 Å². The number of hydrogen-bond donors (Lipinski definition) is 2. The Kier molecular flexibility index (Phi) is 6.69. The lowest BCUT2D eigenvalue weighted by Gasteiger charge is -2.57. The zero-order valence-corrected chi connectivity index (χ0v) is 18.5. The van der Waals surface area contributed by atoms with Gasteiger partial charge in [-0.2, -0.15) is 5.10 Å². The largest absolute Gasteiger partial charge is 0.356 e. The van der Waals surface area contributed by atoms with Crippen molar-refractivity contribution in [3.05, 3.63) is 41.5 Å². The van der Waals surface area contributed by atoms with Crippen LogP contribution in [0.1, 0.15) is 76.7 Å². The second kappa shape index (κ2) is 9.42. The number of thiocarbonyl (C=S) groups is 1. The van der Waals surface area contributed by atoms with Crippen molar-refractivity contribution in [2.75, 3.05) is 0 Å².